The topological polar surface area (TPSA) is 20.1 Å². The van der Waals surface area contributed by atoms with E-state index in [1.165, 1.54) is 18.4 Å². The summed E-state index contributed by atoms with van der Waals surface area (Å²) in [6, 6.07) is 20.6. The Kier molecular flexibility index (Phi) is 4.69. The zero-order chi connectivity index (χ0) is 15.4. The van der Waals surface area contributed by atoms with Gasteiger partial charge in [0.1, 0.15) is 0 Å². The van der Waals surface area contributed by atoms with Crippen LogP contribution in [0.3, 0.4) is 0 Å². The van der Waals surface area contributed by atoms with Crippen LogP contribution >= 0.6 is 0 Å². The minimum atomic E-state index is 0.0640. The number of rotatable bonds is 7. The van der Waals surface area contributed by atoms with Crippen molar-refractivity contribution in [3.63, 3.8) is 0 Å². The van der Waals surface area contributed by atoms with E-state index in [0.29, 0.717) is 6.04 Å². The van der Waals surface area contributed by atoms with Gasteiger partial charge in [-0.05, 0) is 12.0 Å². The molecule has 0 radical (unpaired) electrons. The van der Waals surface area contributed by atoms with Crippen LogP contribution in [0, 0.1) is 0 Å². The Morgan fingerprint density at radius 3 is 2.27 bits per heavy atom. The average molecular weight is 293 g/mol. The first-order chi connectivity index (χ1) is 10.8. The highest BCUT2D eigenvalue weighted by Crippen LogP contribution is 2.36. The molecule has 0 saturated carbocycles. The van der Waals surface area contributed by atoms with Gasteiger partial charge >= 0.3 is 0 Å². The van der Waals surface area contributed by atoms with E-state index in [0.717, 1.165) is 18.5 Å². The quantitative estimate of drug-likeness (QED) is 0.560. The Morgan fingerprint density at radius 1 is 1.00 bits per heavy atom. The van der Waals surface area contributed by atoms with Gasteiger partial charge in [0.25, 0.3) is 0 Å². The second-order valence-electron chi connectivity index (χ2n) is 6.04. The van der Waals surface area contributed by atoms with Crippen LogP contribution in [0.2, 0.25) is 0 Å². The second kappa shape index (κ2) is 6.89. The molecule has 22 heavy (non-hydrogen) atoms. The number of hydrogen-bond donors (Lipinski definition) is 0. The Bertz CT molecular complexity index is 608. The van der Waals surface area contributed by atoms with Crippen molar-refractivity contribution >= 4 is 5.78 Å². The third kappa shape index (κ3) is 3.28. The lowest BCUT2D eigenvalue weighted by atomic mass is 10.0. The zero-order valence-corrected chi connectivity index (χ0v) is 13.1. The molecule has 2 aromatic carbocycles. The van der Waals surface area contributed by atoms with Crippen LogP contribution in [-0.4, -0.2) is 22.8 Å². The Hall–Kier alpha value is -1.93. The van der Waals surface area contributed by atoms with Crippen LogP contribution in [-0.2, 0) is 6.54 Å². The van der Waals surface area contributed by atoms with Gasteiger partial charge in [0.05, 0.1) is 6.04 Å². The number of carbonyl (C=O) groups is 1. The standard InChI is InChI=1S/C20H23NO/c1-2-3-14-18-19(20(22)17-12-8-5-9-13-17)21(18)15-16-10-6-4-7-11-16/h4-13,18-19H,2-3,14-15H2,1H3/t18-,19-,21?/m0/s1. The van der Waals surface area contributed by atoms with Crippen molar-refractivity contribution in [3.05, 3.63) is 71.8 Å². The molecule has 0 aromatic heterocycles. The third-order valence-electron chi connectivity index (χ3n) is 4.45. The molecule has 2 nitrogen and oxygen atoms in total. The van der Waals surface area contributed by atoms with E-state index in [2.05, 4.69) is 36.1 Å². The summed E-state index contributed by atoms with van der Waals surface area (Å²) in [4.78, 5) is 15.1. The highest BCUT2D eigenvalue weighted by atomic mass is 16.1. The number of unbranched alkanes of at least 4 members (excludes halogenated alkanes) is 1. The number of Topliss-reactive ketones (excluding diaryl/α,β-unsaturated/α-hetero) is 1. The summed E-state index contributed by atoms with van der Waals surface area (Å²) in [5, 5.41) is 0. The lowest BCUT2D eigenvalue weighted by molar-refractivity contribution is 0.0973. The number of carbonyl (C=O) groups excluding carboxylic acids is 1. The SMILES string of the molecule is CCCC[C@H]1[C@@H](C(=O)c2ccccc2)N1Cc1ccccc1. The monoisotopic (exact) mass is 293 g/mol. The number of nitrogens with zero attached hydrogens (tertiary/aromatic N) is 1. The van der Waals surface area contributed by atoms with Gasteiger partial charge in [-0.15, -0.1) is 0 Å². The van der Waals surface area contributed by atoms with E-state index in [1.54, 1.807) is 0 Å². The third-order valence-corrected chi connectivity index (χ3v) is 4.45. The molecule has 114 valence electrons. The predicted octanol–water partition coefficient (Wildman–Crippen LogP) is 4.31. The van der Waals surface area contributed by atoms with E-state index < -0.39 is 0 Å². The smallest absolute Gasteiger partial charge is 0.181 e. The summed E-state index contributed by atoms with van der Waals surface area (Å²) < 4.78 is 0. The maximum absolute atomic E-state index is 12.7. The molecule has 1 saturated heterocycles. The molecule has 3 atom stereocenters. The second-order valence-corrected chi connectivity index (χ2v) is 6.04. The number of ketones is 1. The number of benzene rings is 2. The highest BCUT2D eigenvalue weighted by Gasteiger charge is 2.51. The normalized spacial score (nSPS) is 23.2. The molecule has 0 N–H and O–H groups in total. The molecule has 1 aliphatic heterocycles. The summed E-state index contributed by atoms with van der Waals surface area (Å²) in [5.74, 6) is 0.276. The maximum Gasteiger partial charge on any atom is 0.181 e. The highest BCUT2D eigenvalue weighted by molar-refractivity contribution is 6.02. The van der Waals surface area contributed by atoms with Crippen molar-refractivity contribution in [2.45, 2.75) is 44.8 Å². The van der Waals surface area contributed by atoms with Crippen LogP contribution in [0.1, 0.15) is 42.1 Å². The van der Waals surface area contributed by atoms with Gasteiger partial charge in [0.15, 0.2) is 5.78 Å². The van der Waals surface area contributed by atoms with Gasteiger partial charge in [-0.25, -0.2) is 0 Å². The van der Waals surface area contributed by atoms with Crippen LogP contribution in [0.25, 0.3) is 0 Å². The predicted molar refractivity (Wildman–Crippen MR) is 89.9 cm³/mol. The molecule has 0 amide bonds. The summed E-state index contributed by atoms with van der Waals surface area (Å²) in [5.41, 5.74) is 2.12. The Balaban J connectivity index is 1.72. The van der Waals surface area contributed by atoms with Crippen molar-refractivity contribution < 1.29 is 4.79 Å². The van der Waals surface area contributed by atoms with Crippen LogP contribution in [0.5, 0.6) is 0 Å². The van der Waals surface area contributed by atoms with Gasteiger partial charge in [0.2, 0.25) is 0 Å². The van der Waals surface area contributed by atoms with Gasteiger partial charge in [-0.3, -0.25) is 9.69 Å². The van der Waals surface area contributed by atoms with Crippen molar-refractivity contribution in [1.29, 1.82) is 0 Å². The molecule has 1 aliphatic rings. The molecular formula is C20H23NO. The van der Waals surface area contributed by atoms with E-state index in [9.17, 15) is 4.79 Å². The summed E-state index contributed by atoms with van der Waals surface area (Å²) >= 11 is 0. The van der Waals surface area contributed by atoms with Crippen molar-refractivity contribution in [3.8, 4) is 0 Å². The fourth-order valence-corrected chi connectivity index (χ4v) is 3.18. The lowest BCUT2D eigenvalue weighted by Crippen LogP contribution is -2.13. The fraction of sp³-hybridized carbons (Fsp3) is 0.350. The summed E-state index contributed by atoms with van der Waals surface area (Å²) in [6.45, 7) is 3.08. The molecule has 1 unspecified atom stereocenters. The molecule has 1 heterocycles. The van der Waals surface area contributed by atoms with Crippen LogP contribution in [0.15, 0.2) is 60.7 Å². The largest absolute Gasteiger partial charge is 0.292 e. The fourth-order valence-electron chi connectivity index (χ4n) is 3.18. The van der Waals surface area contributed by atoms with E-state index in [1.807, 2.05) is 36.4 Å². The molecule has 0 aliphatic carbocycles. The van der Waals surface area contributed by atoms with Crippen molar-refractivity contribution in [2.24, 2.45) is 0 Å². The van der Waals surface area contributed by atoms with Crippen molar-refractivity contribution in [2.75, 3.05) is 0 Å². The van der Waals surface area contributed by atoms with E-state index in [-0.39, 0.29) is 11.8 Å². The Labute approximate surface area is 132 Å². The molecule has 2 aromatic rings. The maximum atomic E-state index is 12.7. The first-order valence-corrected chi connectivity index (χ1v) is 8.20. The molecular weight excluding hydrogens is 270 g/mol. The molecule has 2 heteroatoms. The zero-order valence-electron chi connectivity index (χ0n) is 13.1. The van der Waals surface area contributed by atoms with Gasteiger partial charge in [0, 0.05) is 18.2 Å². The Morgan fingerprint density at radius 2 is 1.64 bits per heavy atom. The van der Waals surface area contributed by atoms with Crippen LogP contribution < -0.4 is 0 Å². The minimum Gasteiger partial charge on any atom is -0.292 e. The first-order valence-electron chi connectivity index (χ1n) is 8.20. The molecule has 0 spiro atoms. The average Bonchev–Trinajstić information content (AvgIpc) is 3.26. The molecule has 1 fully saturated rings. The number of hydrogen-bond acceptors (Lipinski definition) is 2. The van der Waals surface area contributed by atoms with Gasteiger partial charge in [-0.2, -0.15) is 0 Å². The van der Waals surface area contributed by atoms with Gasteiger partial charge < -0.3 is 0 Å². The molecule has 3 rings (SSSR count). The van der Waals surface area contributed by atoms with Crippen molar-refractivity contribution in [1.82, 2.24) is 4.90 Å². The summed E-state index contributed by atoms with van der Waals surface area (Å²) in [6.07, 6.45) is 3.49. The van der Waals surface area contributed by atoms with E-state index in [4.69, 9.17) is 0 Å². The van der Waals surface area contributed by atoms with Crippen LogP contribution in [0.4, 0.5) is 0 Å². The molecule has 0 bridgehead atoms. The lowest BCUT2D eigenvalue weighted by Gasteiger charge is -2.04. The first kappa shape index (κ1) is 15.0. The summed E-state index contributed by atoms with van der Waals surface area (Å²) in [7, 11) is 0. The minimum absolute atomic E-state index is 0.0640. The van der Waals surface area contributed by atoms with E-state index >= 15 is 0 Å². The van der Waals surface area contributed by atoms with Gasteiger partial charge in [-0.1, -0.05) is 80.4 Å².